The summed E-state index contributed by atoms with van der Waals surface area (Å²) in [6.45, 7) is 2.05. The molecule has 0 radical (unpaired) electrons. The van der Waals surface area contributed by atoms with E-state index in [0.29, 0.717) is 13.1 Å². The third-order valence-corrected chi connectivity index (χ3v) is 3.26. The van der Waals surface area contributed by atoms with Gasteiger partial charge in [-0.2, -0.15) is 0 Å². The summed E-state index contributed by atoms with van der Waals surface area (Å²) in [4.78, 5) is 27.5. The van der Waals surface area contributed by atoms with Crippen molar-refractivity contribution in [3.05, 3.63) is 33.1 Å². The van der Waals surface area contributed by atoms with Crippen molar-refractivity contribution < 1.29 is 5.11 Å². The topological polar surface area (TPSA) is 78.3 Å². The van der Waals surface area contributed by atoms with E-state index in [0.717, 1.165) is 19.4 Å². The Hall–Kier alpha value is -1.40. The zero-order valence-corrected chi connectivity index (χ0v) is 9.63. The van der Waals surface area contributed by atoms with E-state index < -0.39 is 0 Å². The maximum atomic E-state index is 11.5. The third-order valence-electron chi connectivity index (χ3n) is 3.26. The minimum absolute atomic E-state index is 0.139. The minimum Gasteiger partial charge on any atom is -0.395 e. The molecule has 0 amide bonds. The van der Waals surface area contributed by atoms with E-state index >= 15 is 0 Å². The van der Waals surface area contributed by atoms with Crippen LogP contribution < -0.4 is 11.2 Å². The van der Waals surface area contributed by atoms with Crippen molar-refractivity contribution >= 4 is 0 Å². The molecule has 0 unspecified atom stereocenters. The molecule has 0 bridgehead atoms. The van der Waals surface area contributed by atoms with Gasteiger partial charge in [-0.25, -0.2) is 4.79 Å². The van der Waals surface area contributed by atoms with Gasteiger partial charge in [-0.15, -0.1) is 0 Å². The summed E-state index contributed by atoms with van der Waals surface area (Å²) in [5.41, 5.74) is -0.661. The molecule has 2 heterocycles. The molecule has 0 saturated carbocycles. The van der Waals surface area contributed by atoms with E-state index in [9.17, 15) is 9.59 Å². The molecule has 1 fully saturated rings. The number of aromatic nitrogens is 2. The SMILES string of the molecule is O=c1cc[nH]c(=O)n1CCN1CCC[C@H]1CO. The second-order valence-corrected chi connectivity index (χ2v) is 4.29. The first-order valence-corrected chi connectivity index (χ1v) is 5.86. The number of hydrogen-bond donors (Lipinski definition) is 2. The average Bonchev–Trinajstić information content (AvgIpc) is 2.76. The second kappa shape index (κ2) is 5.29. The lowest BCUT2D eigenvalue weighted by atomic mass is 10.2. The molecule has 94 valence electrons. The van der Waals surface area contributed by atoms with Crippen LogP contribution in [-0.4, -0.2) is 45.3 Å². The Morgan fingerprint density at radius 2 is 2.24 bits per heavy atom. The summed E-state index contributed by atoms with van der Waals surface area (Å²) in [6.07, 6.45) is 3.40. The van der Waals surface area contributed by atoms with Gasteiger partial charge in [-0.05, 0) is 19.4 Å². The van der Waals surface area contributed by atoms with E-state index in [1.165, 1.54) is 16.8 Å². The number of aliphatic hydroxyl groups excluding tert-OH is 1. The van der Waals surface area contributed by atoms with Gasteiger partial charge in [0.2, 0.25) is 0 Å². The first-order chi connectivity index (χ1) is 8.22. The normalized spacial score (nSPS) is 20.9. The first-order valence-electron chi connectivity index (χ1n) is 5.86. The van der Waals surface area contributed by atoms with Crippen molar-refractivity contribution in [2.75, 3.05) is 19.7 Å². The van der Waals surface area contributed by atoms with Gasteiger partial charge >= 0.3 is 5.69 Å². The molecule has 0 spiro atoms. The van der Waals surface area contributed by atoms with Crippen molar-refractivity contribution in [2.45, 2.75) is 25.4 Å². The van der Waals surface area contributed by atoms with Crippen LogP contribution in [0.25, 0.3) is 0 Å². The molecule has 0 aliphatic carbocycles. The molecule has 2 N–H and O–H groups in total. The van der Waals surface area contributed by atoms with Crippen LogP contribution in [0, 0.1) is 0 Å². The highest BCUT2D eigenvalue weighted by atomic mass is 16.3. The highest BCUT2D eigenvalue weighted by Crippen LogP contribution is 2.15. The molecular weight excluding hydrogens is 222 g/mol. The molecule has 1 aromatic rings. The highest BCUT2D eigenvalue weighted by molar-refractivity contribution is 4.84. The fourth-order valence-electron chi connectivity index (χ4n) is 2.29. The van der Waals surface area contributed by atoms with Gasteiger partial charge < -0.3 is 10.1 Å². The van der Waals surface area contributed by atoms with Crippen LogP contribution in [0.4, 0.5) is 0 Å². The van der Waals surface area contributed by atoms with Crippen LogP contribution in [0.5, 0.6) is 0 Å². The van der Waals surface area contributed by atoms with Crippen LogP contribution in [-0.2, 0) is 6.54 Å². The number of nitrogens with one attached hydrogen (secondary N) is 1. The summed E-state index contributed by atoms with van der Waals surface area (Å²) in [5.74, 6) is 0. The number of rotatable bonds is 4. The molecular formula is C11H17N3O3. The Kier molecular flexibility index (Phi) is 3.75. The fourth-order valence-corrected chi connectivity index (χ4v) is 2.29. The average molecular weight is 239 g/mol. The van der Waals surface area contributed by atoms with Gasteiger partial charge in [0.15, 0.2) is 0 Å². The van der Waals surface area contributed by atoms with Crippen LogP contribution in [0.2, 0.25) is 0 Å². The van der Waals surface area contributed by atoms with Crippen molar-refractivity contribution in [2.24, 2.45) is 0 Å². The second-order valence-electron chi connectivity index (χ2n) is 4.29. The van der Waals surface area contributed by atoms with Crippen LogP contribution in [0.15, 0.2) is 21.9 Å². The van der Waals surface area contributed by atoms with Crippen LogP contribution >= 0.6 is 0 Å². The fraction of sp³-hybridized carbons (Fsp3) is 0.636. The van der Waals surface area contributed by atoms with Gasteiger partial charge in [0, 0.05) is 31.4 Å². The number of H-pyrrole nitrogens is 1. The summed E-state index contributed by atoms with van der Waals surface area (Å²) in [5, 5.41) is 9.16. The van der Waals surface area contributed by atoms with Crippen LogP contribution in [0.3, 0.4) is 0 Å². The summed E-state index contributed by atoms with van der Waals surface area (Å²) < 4.78 is 1.19. The zero-order chi connectivity index (χ0) is 12.3. The predicted octanol–water partition coefficient (Wildman–Crippen LogP) is -1.01. The number of nitrogens with zero attached hydrogens (tertiary/aromatic N) is 2. The summed E-state index contributed by atoms with van der Waals surface area (Å²) in [6, 6.07) is 1.52. The number of likely N-dealkylation sites (tertiary alicyclic amines) is 1. The molecule has 0 aromatic carbocycles. The third kappa shape index (κ3) is 2.65. The van der Waals surface area contributed by atoms with Gasteiger partial charge in [0.25, 0.3) is 5.56 Å². The van der Waals surface area contributed by atoms with E-state index in [4.69, 9.17) is 5.11 Å². The van der Waals surface area contributed by atoms with Crippen molar-refractivity contribution in [1.82, 2.24) is 14.5 Å². The lowest BCUT2D eigenvalue weighted by Gasteiger charge is -2.22. The summed E-state index contributed by atoms with van der Waals surface area (Å²) in [7, 11) is 0. The Morgan fingerprint density at radius 3 is 2.94 bits per heavy atom. The molecule has 17 heavy (non-hydrogen) atoms. The number of aromatic amines is 1. The Labute approximate surface area is 98.5 Å². The van der Waals surface area contributed by atoms with Crippen molar-refractivity contribution in [3.8, 4) is 0 Å². The maximum Gasteiger partial charge on any atom is 0.328 e. The Bertz CT molecular complexity index is 451. The quantitative estimate of drug-likeness (QED) is 0.706. The molecule has 1 aliphatic heterocycles. The van der Waals surface area contributed by atoms with E-state index in [1.807, 2.05) is 0 Å². The largest absolute Gasteiger partial charge is 0.395 e. The number of aliphatic hydroxyl groups is 1. The Balaban J connectivity index is 2.03. The van der Waals surface area contributed by atoms with Gasteiger partial charge in [-0.3, -0.25) is 14.3 Å². The molecule has 1 saturated heterocycles. The zero-order valence-electron chi connectivity index (χ0n) is 9.63. The van der Waals surface area contributed by atoms with Crippen LogP contribution in [0.1, 0.15) is 12.8 Å². The summed E-state index contributed by atoms with van der Waals surface area (Å²) >= 11 is 0. The van der Waals surface area contributed by atoms with E-state index in [-0.39, 0.29) is 23.9 Å². The van der Waals surface area contributed by atoms with Gasteiger partial charge in [0.1, 0.15) is 0 Å². The van der Waals surface area contributed by atoms with E-state index in [2.05, 4.69) is 9.88 Å². The van der Waals surface area contributed by atoms with Crippen molar-refractivity contribution in [1.29, 1.82) is 0 Å². The molecule has 1 aliphatic rings. The smallest absolute Gasteiger partial charge is 0.328 e. The van der Waals surface area contributed by atoms with Gasteiger partial charge in [-0.1, -0.05) is 0 Å². The lowest BCUT2D eigenvalue weighted by Crippen LogP contribution is -2.40. The first kappa shape index (κ1) is 12.1. The van der Waals surface area contributed by atoms with Gasteiger partial charge in [0.05, 0.1) is 6.61 Å². The molecule has 2 rings (SSSR count). The molecule has 1 atom stereocenters. The van der Waals surface area contributed by atoms with Crippen molar-refractivity contribution in [3.63, 3.8) is 0 Å². The lowest BCUT2D eigenvalue weighted by molar-refractivity contribution is 0.154. The minimum atomic E-state index is -0.378. The Morgan fingerprint density at radius 1 is 1.41 bits per heavy atom. The standard InChI is InChI=1S/C11H17N3O3/c15-8-9-2-1-5-13(9)6-7-14-10(16)3-4-12-11(14)17/h3-4,9,15H,1-2,5-8H2,(H,12,17)/t9-/m0/s1. The maximum absolute atomic E-state index is 11.5. The monoisotopic (exact) mass is 239 g/mol. The molecule has 1 aromatic heterocycles. The van der Waals surface area contributed by atoms with E-state index in [1.54, 1.807) is 0 Å². The molecule has 6 heteroatoms. The highest BCUT2D eigenvalue weighted by Gasteiger charge is 2.23. The number of hydrogen-bond acceptors (Lipinski definition) is 4. The predicted molar refractivity (Wildman–Crippen MR) is 63.0 cm³/mol. The molecule has 6 nitrogen and oxygen atoms in total.